The molecule has 0 radical (unpaired) electrons. The van der Waals surface area contributed by atoms with Crippen molar-refractivity contribution < 1.29 is 0 Å². The smallest absolute Gasteiger partial charge is 0.226 e. The van der Waals surface area contributed by atoms with Gasteiger partial charge >= 0.3 is 0 Å². The van der Waals surface area contributed by atoms with Gasteiger partial charge in [-0.15, -0.1) is 0 Å². The maximum absolute atomic E-state index is 5.64. The van der Waals surface area contributed by atoms with Crippen molar-refractivity contribution in [1.82, 2.24) is 25.3 Å². The predicted octanol–water partition coefficient (Wildman–Crippen LogP) is 0.308. The summed E-state index contributed by atoms with van der Waals surface area (Å²) in [4.78, 5) is 15.0. The number of hydrogen-bond donors (Lipinski definition) is 3. The minimum Gasteiger partial charge on any atom is -0.382 e. The lowest BCUT2D eigenvalue weighted by Gasteiger charge is -1.93. The Kier molecular flexibility index (Phi) is 2.22. The minimum absolute atomic E-state index is 0.109. The summed E-state index contributed by atoms with van der Waals surface area (Å²) >= 11 is 5.64. The average Bonchev–Trinajstić information content (AvgIpc) is 2.48. The number of anilines is 1. The highest BCUT2D eigenvalue weighted by atomic mass is 35.5. The summed E-state index contributed by atoms with van der Waals surface area (Å²) in [6, 6.07) is 0. The fourth-order valence-electron chi connectivity index (χ4n) is 1.19. The molecule has 0 saturated heterocycles. The third-order valence-corrected chi connectivity index (χ3v) is 1.91. The number of nitrogens with one attached hydrogen (secondary N) is 2. The van der Waals surface area contributed by atoms with Gasteiger partial charge in [0.05, 0.1) is 6.54 Å². The monoisotopic (exact) mass is 212 g/mol. The van der Waals surface area contributed by atoms with Crippen molar-refractivity contribution in [1.29, 1.82) is 0 Å². The van der Waals surface area contributed by atoms with Crippen LogP contribution in [0.4, 0.5) is 5.82 Å². The minimum atomic E-state index is 0.109. The van der Waals surface area contributed by atoms with Gasteiger partial charge in [0.15, 0.2) is 11.5 Å². The number of nitrogen functional groups attached to an aromatic ring is 1. The quantitative estimate of drug-likeness (QED) is 0.623. The van der Waals surface area contributed by atoms with E-state index in [4.69, 9.17) is 17.3 Å². The predicted molar refractivity (Wildman–Crippen MR) is 53.9 cm³/mol. The third kappa shape index (κ3) is 1.49. The number of H-pyrrole nitrogens is 1. The van der Waals surface area contributed by atoms with Crippen LogP contribution in [-0.2, 0) is 6.54 Å². The zero-order chi connectivity index (χ0) is 10.1. The second kappa shape index (κ2) is 3.39. The van der Waals surface area contributed by atoms with Gasteiger partial charge in [-0.1, -0.05) is 0 Å². The molecule has 7 heteroatoms. The molecule has 0 aromatic carbocycles. The normalized spacial score (nSPS) is 11.0. The number of imidazole rings is 1. The molecule has 2 heterocycles. The van der Waals surface area contributed by atoms with E-state index < -0.39 is 0 Å². The van der Waals surface area contributed by atoms with Crippen molar-refractivity contribution in [2.75, 3.05) is 12.8 Å². The van der Waals surface area contributed by atoms with E-state index in [0.717, 1.165) is 5.82 Å². The van der Waals surface area contributed by atoms with Gasteiger partial charge in [-0.2, -0.15) is 9.97 Å². The maximum Gasteiger partial charge on any atom is 0.226 e. The van der Waals surface area contributed by atoms with E-state index in [2.05, 4.69) is 25.3 Å². The van der Waals surface area contributed by atoms with Crippen LogP contribution in [-0.4, -0.2) is 27.0 Å². The molecule has 0 fully saturated rings. The van der Waals surface area contributed by atoms with E-state index in [9.17, 15) is 0 Å². The largest absolute Gasteiger partial charge is 0.382 e. The summed E-state index contributed by atoms with van der Waals surface area (Å²) in [5.41, 5.74) is 6.76. The van der Waals surface area contributed by atoms with Crippen LogP contribution in [0, 0.1) is 0 Å². The molecule has 2 aromatic rings. The molecule has 0 spiro atoms. The highest BCUT2D eigenvalue weighted by Crippen LogP contribution is 2.16. The number of fused-ring (bicyclic) bond motifs is 1. The molecule has 2 aromatic heterocycles. The average molecular weight is 213 g/mol. The number of nitrogens with zero attached hydrogens (tertiary/aromatic N) is 3. The Morgan fingerprint density at radius 3 is 2.93 bits per heavy atom. The van der Waals surface area contributed by atoms with Crippen LogP contribution in [0.3, 0.4) is 0 Å². The first-order valence-electron chi connectivity index (χ1n) is 4.03. The number of hydrogen-bond acceptors (Lipinski definition) is 5. The van der Waals surface area contributed by atoms with Gasteiger partial charge in [-0.3, -0.25) is 0 Å². The molecule has 0 unspecified atom stereocenters. The second-order valence-electron chi connectivity index (χ2n) is 2.79. The Bertz CT molecular complexity index is 464. The van der Waals surface area contributed by atoms with Crippen LogP contribution in [0.1, 0.15) is 5.82 Å². The first-order valence-corrected chi connectivity index (χ1v) is 4.40. The molecule has 14 heavy (non-hydrogen) atoms. The maximum atomic E-state index is 5.64. The SMILES string of the molecule is CNCc1nc2nc(Cl)nc(N)c2[nH]1. The molecule has 4 N–H and O–H groups in total. The molecule has 2 rings (SSSR count). The van der Waals surface area contributed by atoms with Gasteiger partial charge in [0.1, 0.15) is 11.3 Å². The third-order valence-electron chi connectivity index (χ3n) is 1.74. The molecule has 0 aliphatic heterocycles. The first kappa shape index (κ1) is 9.17. The molecule has 0 amide bonds. The van der Waals surface area contributed by atoms with Gasteiger partial charge in [-0.25, -0.2) is 4.98 Å². The number of aromatic nitrogens is 4. The van der Waals surface area contributed by atoms with Crippen LogP contribution in [0.15, 0.2) is 0 Å². The first-order chi connectivity index (χ1) is 6.70. The zero-order valence-electron chi connectivity index (χ0n) is 7.50. The molecular weight excluding hydrogens is 204 g/mol. The lowest BCUT2D eigenvalue weighted by Crippen LogP contribution is -2.06. The molecule has 6 nitrogen and oxygen atoms in total. The summed E-state index contributed by atoms with van der Waals surface area (Å²) in [6.07, 6.45) is 0. The van der Waals surface area contributed by atoms with Crippen molar-refractivity contribution >= 4 is 28.6 Å². The van der Waals surface area contributed by atoms with Gasteiger partial charge in [0, 0.05) is 0 Å². The van der Waals surface area contributed by atoms with E-state index in [1.807, 2.05) is 7.05 Å². The van der Waals surface area contributed by atoms with Crippen molar-refractivity contribution in [2.45, 2.75) is 6.54 Å². The van der Waals surface area contributed by atoms with E-state index in [0.29, 0.717) is 23.5 Å². The molecule has 74 valence electrons. The Morgan fingerprint density at radius 1 is 1.43 bits per heavy atom. The van der Waals surface area contributed by atoms with Crippen molar-refractivity contribution in [2.24, 2.45) is 0 Å². The van der Waals surface area contributed by atoms with Crippen LogP contribution in [0.25, 0.3) is 11.2 Å². The van der Waals surface area contributed by atoms with Gasteiger partial charge in [0.2, 0.25) is 5.28 Å². The molecule has 0 atom stereocenters. The fourth-order valence-corrected chi connectivity index (χ4v) is 1.36. The number of aromatic amines is 1. The van der Waals surface area contributed by atoms with Crippen LogP contribution in [0.2, 0.25) is 5.28 Å². The topological polar surface area (TPSA) is 92.5 Å². The van der Waals surface area contributed by atoms with E-state index >= 15 is 0 Å². The standard InChI is InChI=1S/C7H9ClN6/c1-10-2-3-11-4-5(9)13-7(8)14-6(4)12-3/h10H,2H2,1H3,(H3,9,11,12,13,14). The Balaban J connectivity index is 2.58. The molecule has 0 aliphatic carbocycles. The van der Waals surface area contributed by atoms with Crippen LogP contribution in [0.5, 0.6) is 0 Å². The fraction of sp³-hybridized carbons (Fsp3) is 0.286. The summed E-state index contributed by atoms with van der Waals surface area (Å²) in [5, 5.41) is 3.07. The van der Waals surface area contributed by atoms with Crippen LogP contribution < -0.4 is 11.1 Å². The van der Waals surface area contributed by atoms with Gasteiger partial charge in [0.25, 0.3) is 0 Å². The number of halogens is 1. The van der Waals surface area contributed by atoms with Gasteiger partial charge < -0.3 is 16.0 Å². The van der Waals surface area contributed by atoms with E-state index in [1.165, 1.54) is 0 Å². The summed E-state index contributed by atoms with van der Waals surface area (Å²) in [7, 11) is 1.83. The highest BCUT2D eigenvalue weighted by Gasteiger charge is 2.08. The van der Waals surface area contributed by atoms with E-state index in [1.54, 1.807) is 0 Å². The van der Waals surface area contributed by atoms with Crippen molar-refractivity contribution in [3.8, 4) is 0 Å². The lowest BCUT2D eigenvalue weighted by molar-refractivity contribution is 0.774. The van der Waals surface area contributed by atoms with Crippen LogP contribution >= 0.6 is 11.6 Å². The highest BCUT2D eigenvalue weighted by molar-refractivity contribution is 6.28. The Hall–Kier alpha value is -1.40. The Labute approximate surface area is 84.9 Å². The second-order valence-corrected chi connectivity index (χ2v) is 3.13. The number of nitrogens with two attached hydrogens (primary N) is 1. The van der Waals surface area contributed by atoms with Crippen molar-refractivity contribution in [3.63, 3.8) is 0 Å². The molecular formula is C7H9ClN6. The number of rotatable bonds is 2. The summed E-state index contributed by atoms with van der Waals surface area (Å²) < 4.78 is 0. The van der Waals surface area contributed by atoms with E-state index in [-0.39, 0.29) is 5.28 Å². The van der Waals surface area contributed by atoms with Crippen molar-refractivity contribution in [3.05, 3.63) is 11.1 Å². The summed E-state index contributed by atoms with van der Waals surface area (Å²) in [6.45, 7) is 0.618. The lowest BCUT2D eigenvalue weighted by atomic mass is 10.5. The molecule has 0 aliphatic rings. The molecule has 0 saturated carbocycles. The van der Waals surface area contributed by atoms with Gasteiger partial charge in [-0.05, 0) is 18.6 Å². The molecule has 0 bridgehead atoms. The summed E-state index contributed by atoms with van der Waals surface area (Å²) in [5.74, 6) is 1.07. The zero-order valence-corrected chi connectivity index (χ0v) is 8.26. The Morgan fingerprint density at radius 2 is 2.21 bits per heavy atom.